The Morgan fingerprint density at radius 3 is 2.25 bits per heavy atom. The molecule has 6 nitrogen and oxygen atoms in total. The summed E-state index contributed by atoms with van der Waals surface area (Å²) in [6, 6.07) is 1.63. The quantitative estimate of drug-likeness (QED) is 0.790. The van der Waals surface area contributed by atoms with Crippen LogP contribution in [0.3, 0.4) is 0 Å². The van der Waals surface area contributed by atoms with E-state index in [-0.39, 0.29) is 23.6 Å². The van der Waals surface area contributed by atoms with Gasteiger partial charge in [0.2, 0.25) is 0 Å². The second kappa shape index (κ2) is 6.06. The molecule has 0 aromatic carbocycles. The van der Waals surface area contributed by atoms with Gasteiger partial charge in [0.05, 0.1) is 23.4 Å². The minimum Gasteiger partial charge on any atom is -0.394 e. The Balaban J connectivity index is 2.21. The minimum atomic E-state index is -0.566. The molecule has 1 aliphatic rings. The number of hydrogen-bond donors (Lipinski definition) is 3. The maximum atomic E-state index is 12.5. The number of urea groups is 1. The normalized spacial score (nSPS) is 18.2. The highest BCUT2D eigenvalue weighted by molar-refractivity contribution is 5.89. The maximum Gasteiger partial charge on any atom is 0.320 e. The number of aromatic nitrogens is 2. The first-order chi connectivity index (χ1) is 10.9. The van der Waals surface area contributed by atoms with E-state index >= 15 is 0 Å². The van der Waals surface area contributed by atoms with Crippen molar-refractivity contribution in [3.8, 4) is 0 Å². The van der Waals surface area contributed by atoms with E-state index in [0.717, 1.165) is 18.5 Å². The molecular weight excluding hydrogens is 304 g/mol. The first-order valence-electron chi connectivity index (χ1n) is 8.68. The van der Waals surface area contributed by atoms with Crippen molar-refractivity contribution in [3.63, 3.8) is 0 Å². The summed E-state index contributed by atoms with van der Waals surface area (Å²) in [7, 11) is 0. The van der Waals surface area contributed by atoms with Crippen LogP contribution in [0.2, 0.25) is 0 Å². The van der Waals surface area contributed by atoms with Gasteiger partial charge in [0.1, 0.15) is 5.82 Å². The Morgan fingerprint density at radius 1 is 1.25 bits per heavy atom. The van der Waals surface area contributed by atoms with Gasteiger partial charge in [-0.2, -0.15) is 5.10 Å². The van der Waals surface area contributed by atoms with E-state index in [9.17, 15) is 9.90 Å². The molecule has 1 fully saturated rings. The predicted octanol–water partition coefficient (Wildman–Crippen LogP) is 3.22. The molecule has 0 saturated heterocycles. The zero-order chi connectivity index (χ0) is 18.3. The third-order valence-electron chi connectivity index (χ3n) is 4.56. The molecule has 24 heavy (non-hydrogen) atoms. The number of hydrogen-bond acceptors (Lipinski definition) is 3. The van der Waals surface area contributed by atoms with Crippen molar-refractivity contribution >= 4 is 11.8 Å². The summed E-state index contributed by atoms with van der Waals surface area (Å²) in [4.78, 5) is 12.5. The average Bonchev–Trinajstić information content (AvgIpc) is 3.18. The first kappa shape index (κ1) is 18.8. The molecule has 1 heterocycles. The van der Waals surface area contributed by atoms with Crippen LogP contribution < -0.4 is 10.6 Å². The van der Waals surface area contributed by atoms with Crippen LogP contribution >= 0.6 is 0 Å². The highest BCUT2D eigenvalue weighted by Gasteiger charge is 2.42. The molecule has 1 aromatic heterocycles. The highest BCUT2D eigenvalue weighted by atomic mass is 16.3. The molecule has 2 amide bonds. The molecule has 1 saturated carbocycles. The van der Waals surface area contributed by atoms with Crippen LogP contribution in [-0.4, -0.2) is 33.1 Å². The average molecular weight is 336 g/mol. The molecule has 0 bridgehead atoms. The SMILES string of the molecule is CC(C)(C)c1cc(NC(=O)NC(C)(CO)C2CC2)n(C(C)(C)C)n1. The lowest BCUT2D eigenvalue weighted by atomic mass is 9.92. The van der Waals surface area contributed by atoms with Gasteiger partial charge in [-0.3, -0.25) is 5.32 Å². The van der Waals surface area contributed by atoms with E-state index in [1.165, 1.54) is 0 Å². The number of aliphatic hydroxyl groups excluding tert-OH is 1. The number of carbonyl (C=O) groups is 1. The zero-order valence-corrected chi connectivity index (χ0v) is 16.0. The van der Waals surface area contributed by atoms with Gasteiger partial charge in [-0.1, -0.05) is 20.8 Å². The maximum absolute atomic E-state index is 12.5. The number of rotatable bonds is 4. The van der Waals surface area contributed by atoms with Crippen LogP contribution in [0.1, 0.15) is 67.0 Å². The number of anilines is 1. The molecule has 0 radical (unpaired) electrons. The zero-order valence-electron chi connectivity index (χ0n) is 16.0. The summed E-state index contributed by atoms with van der Waals surface area (Å²) in [5.74, 6) is 1.02. The van der Waals surface area contributed by atoms with Gasteiger partial charge in [-0.05, 0) is 46.5 Å². The summed E-state index contributed by atoms with van der Waals surface area (Å²) < 4.78 is 1.85. The summed E-state index contributed by atoms with van der Waals surface area (Å²) in [6.45, 7) is 14.3. The Morgan fingerprint density at radius 2 is 1.83 bits per heavy atom. The summed E-state index contributed by atoms with van der Waals surface area (Å²) in [6.07, 6.45) is 2.09. The fourth-order valence-corrected chi connectivity index (χ4v) is 2.75. The lowest BCUT2D eigenvalue weighted by Gasteiger charge is -2.29. The highest BCUT2D eigenvalue weighted by Crippen LogP contribution is 2.39. The lowest BCUT2D eigenvalue weighted by Crippen LogP contribution is -2.52. The molecule has 1 aromatic rings. The van der Waals surface area contributed by atoms with Crippen molar-refractivity contribution in [1.29, 1.82) is 0 Å². The Bertz CT molecular complexity index is 606. The van der Waals surface area contributed by atoms with E-state index in [2.05, 4.69) is 52.2 Å². The predicted molar refractivity (Wildman–Crippen MR) is 96.3 cm³/mol. The lowest BCUT2D eigenvalue weighted by molar-refractivity contribution is 0.159. The third kappa shape index (κ3) is 4.09. The molecule has 2 rings (SSSR count). The number of carbonyl (C=O) groups excluding carboxylic acids is 1. The molecule has 3 N–H and O–H groups in total. The fraction of sp³-hybridized carbons (Fsp3) is 0.778. The van der Waals surface area contributed by atoms with Gasteiger partial charge in [-0.25, -0.2) is 9.48 Å². The van der Waals surface area contributed by atoms with Gasteiger partial charge in [0.15, 0.2) is 0 Å². The van der Waals surface area contributed by atoms with Crippen LogP contribution in [0.15, 0.2) is 6.07 Å². The van der Waals surface area contributed by atoms with E-state index in [4.69, 9.17) is 5.10 Å². The van der Waals surface area contributed by atoms with Gasteiger partial charge in [0.25, 0.3) is 0 Å². The van der Waals surface area contributed by atoms with Crippen LogP contribution in [-0.2, 0) is 11.0 Å². The molecule has 6 heteroatoms. The van der Waals surface area contributed by atoms with Crippen LogP contribution in [0.4, 0.5) is 10.6 Å². The molecule has 1 unspecified atom stereocenters. The Kier molecular flexibility index (Phi) is 4.74. The number of aliphatic hydroxyl groups is 1. The van der Waals surface area contributed by atoms with E-state index in [1.54, 1.807) is 0 Å². The number of nitrogens with zero attached hydrogens (tertiary/aromatic N) is 2. The summed E-state index contributed by atoms with van der Waals surface area (Å²) >= 11 is 0. The molecule has 1 aliphatic carbocycles. The van der Waals surface area contributed by atoms with Gasteiger partial charge in [0, 0.05) is 11.5 Å². The second-order valence-electron chi connectivity index (χ2n) is 9.18. The van der Waals surface area contributed by atoms with Crippen molar-refractivity contribution in [2.24, 2.45) is 5.92 Å². The fourth-order valence-electron chi connectivity index (χ4n) is 2.75. The van der Waals surface area contributed by atoms with E-state index in [1.807, 2.05) is 17.7 Å². The van der Waals surface area contributed by atoms with Crippen molar-refractivity contribution in [1.82, 2.24) is 15.1 Å². The number of nitrogens with one attached hydrogen (secondary N) is 2. The third-order valence-corrected chi connectivity index (χ3v) is 4.56. The van der Waals surface area contributed by atoms with Gasteiger partial charge < -0.3 is 10.4 Å². The molecule has 1 atom stereocenters. The number of amides is 2. The van der Waals surface area contributed by atoms with Crippen LogP contribution in [0.25, 0.3) is 0 Å². The van der Waals surface area contributed by atoms with E-state index in [0.29, 0.717) is 11.7 Å². The second-order valence-corrected chi connectivity index (χ2v) is 9.18. The van der Waals surface area contributed by atoms with Crippen molar-refractivity contribution in [2.45, 2.75) is 77.8 Å². The molecular formula is C18H32N4O2. The summed E-state index contributed by atoms with van der Waals surface area (Å²) in [5.41, 5.74) is 0.0172. The van der Waals surface area contributed by atoms with Crippen LogP contribution in [0.5, 0.6) is 0 Å². The van der Waals surface area contributed by atoms with Gasteiger partial charge in [-0.15, -0.1) is 0 Å². The van der Waals surface area contributed by atoms with Crippen molar-refractivity contribution in [2.75, 3.05) is 11.9 Å². The standard InChI is InChI=1S/C18H32N4O2/c1-16(2,3)13-10-14(22(21-13)17(4,5)6)19-15(24)20-18(7,11-23)12-8-9-12/h10,12,23H,8-9,11H2,1-7H3,(H2,19,20,24). The van der Waals surface area contributed by atoms with Crippen molar-refractivity contribution < 1.29 is 9.90 Å². The summed E-state index contributed by atoms with van der Waals surface area (Å²) in [5, 5.41) is 20.2. The smallest absolute Gasteiger partial charge is 0.320 e. The van der Waals surface area contributed by atoms with E-state index < -0.39 is 5.54 Å². The Labute approximate surface area is 145 Å². The van der Waals surface area contributed by atoms with Gasteiger partial charge >= 0.3 is 6.03 Å². The first-order valence-corrected chi connectivity index (χ1v) is 8.68. The molecule has 0 aliphatic heterocycles. The molecule has 0 spiro atoms. The van der Waals surface area contributed by atoms with Crippen LogP contribution in [0, 0.1) is 5.92 Å². The minimum absolute atomic E-state index is 0.0587. The largest absolute Gasteiger partial charge is 0.394 e. The van der Waals surface area contributed by atoms with Crippen molar-refractivity contribution in [3.05, 3.63) is 11.8 Å². The monoisotopic (exact) mass is 336 g/mol. The topological polar surface area (TPSA) is 79.2 Å². The molecule has 136 valence electrons. The Hall–Kier alpha value is -1.56.